The Hall–Kier alpha value is -1.53. The summed E-state index contributed by atoms with van der Waals surface area (Å²) in [6, 6.07) is 1.02. The van der Waals surface area contributed by atoms with Crippen LogP contribution in [0.2, 0.25) is 0 Å². The highest BCUT2D eigenvalue weighted by Crippen LogP contribution is 2.15. The molecule has 0 saturated carbocycles. The molecule has 0 aliphatic carbocycles. The van der Waals surface area contributed by atoms with E-state index in [-0.39, 0.29) is 30.8 Å². The van der Waals surface area contributed by atoms with Crippen LogP contribution in [0.4, 0.5) is 0 Å². The summed E-state index contributed by atoms with van der Waals surface area (Å²) in [6.07, 6.45) is 0.834. The van der Waals surface area contributed by atoms with Crippen LogP contribution < -0.4 is 11.1 Å². The van der Waals surface area contributed by atoms with E-state index in [0.717, 1.165) is 6.42 Å². The van der Waals surface area contributed by atoms with E-state index in [0.29, 0.717) is 17.1 Å². The largest absolute Gasteiger partial charge is 0.465 e. The van der Waals surface area contributed by atoms with Gasteiger partial charge >= 0.3 is 5.97 Å². The Balaban J connectivity index is 0.00000400. The summed E-state index contributed by atoms with van der Waals surface area (Å²) in [7, 11) is 1.31. The lowest BCUT2D eigenvalue weighted by molar-refractivity contribution is -0.123. The van der Waals surface area contributed by atoms with E-state index in [1.807, 2.05) is 13.8 Å². The third-order valence-electron chi connectivity index (χ3n) is 3.37. The molecule has 1 aromatic rings. The van der Waals surface area contributed by atoms with Crippen molar-refractivity contribution < 1.29 is 18.7 Å². The van der Waals surface area contributed by atoms with Crippen molar-refractivity contribution >= 4 is 24.3 Å². The molecule has 1 heterocycles. The van der Waals surface area contributed by atoms with Crippen molar-refractivity contribution in [2.24, 2.45) is 11.7 Å². The Morgan fingerprint density at radius 3 is 2.62 bits per heavy atom. The number of ether oxygens (including phenoxy) is 1. The number of furan rings is 1. The first-order valence-electron chi connectivity index (χ1n) is 6.61. The molecule has 0 radical (unpaired) electrons. The molecule has 2 atom stereocenters. The normalized spacial score (nSPS) is 13.0. The molecule has 120 valence electrons. The number of rotatable bonds is 6. The lowest BCUT2D eigenvalue weighted by Gasteiger charge is -2.17. The number of amides is 1. The minimum Gasteiger partial charge on any atom is -0.465 e. The van der Waals surface area contributed by atoms with Crippen LogP contribution in [-0.4, -0.2) is 25.0 Å². The molecule has 2 unspecified atom stereocenters. The van der Waals surface area contributed by atoms with Gasteiger partial charge in [-0.1, -0.05) is 20.3 Å². The molecule has 3 N–H and O–H groups in total. The predicted octanol–water partition coefficient (Wildman–Crippen LogP) is 1.79. The number of methoxy groups -OCH3 is 1. The van der Waals surface area contributed by atoms with Crippen LogP contribution in [0.3, 0.4) is 0 Å². The molecule has 0 aromatic carbocycles. The fraction of sp³-hybridized carbons (Fsp3) is 0.571. The van der Waals surface area contributed by atoms with Crippen molar-refractivity contribution in [3.05, 3.63) is 23.2 Å². The van der Waals surface area contributed by atoms with E-state index in [9.17, 15) is 9.59 Å². The number of hydrogen-bond acceptors (Lipinski definition) is 5. The van der Waals surface area contributed by atoms with Gasteiger partial charge in [0.05, 0.1) is 19.7 Å². The second-order valence-corrected chi connectivity index (χ2v) is 4.80. The molecule has 1 aromatic heterocycles. The van der Waals surface area contributed by atoms with E-state index in [1.165, 1.54) is 7.11 Å². The first-order chi connectivity index (χ1) is 9.40. The molecule has 1 rings (SSSR count). The number of nitrogens with one attached hydrogen (secondary N) is 1. The summed E-state index contributed by atoms with van der Waals surface area (Å²) in [5, 5.41) is 2.70. The predicted molar refractivity (Wildman–Crippen MR) is 81.3 cm³/mol. The van der Waals surface area contributed by atoms with Gasteiger partial charge in [-0.25, -0.2) is 4.79 Å². The van der Waals surface area contributed by atoms with E-state index < -0.39 is 12.0 Å². The van der Waals surface area contributed by atoms with Crippen LogP contribution >= 0.6 is 12.4 Å². The number of hydrogen-bond donors (Lipinski definition) is 2. The van der Waals surface area contributed by atoms with Crippen molar-refractivity contribution in [1.82, 2.24) is 5.32 Å². The highest BCUT2D eigenvalue weighted by molar-refractivity contribution is 5.90. The SMILES string of the molecule is CCC(C)C(N)C(=O)NCc1cc(C(=O)OC)c(C)o1.Cl. The van der Waals surface area contributed by atoms with E-state index in [4.69, 9.17) is 10.2 Å². The van der Waals surface area contributed by atoms with Crippen molar-refractivity contribution in [1.29, 1.82) is 0 Å². The Bertz CT molecular complexity index is 487. The molecule has 0 fully saturated rings. The van der Waals surface area contributed by atoms with Gasteiger partial charge in [0, 0.05) is 0 Å². The minimum absolute atomic E-state index is 0. The highest BCUT2D eigenvalue weighted by Gasteiger charge is 2.20. The standard InChI is InChI=1S/C14H22N2O4.ClH/c1-5-8(2)12(15)13(17)16-7-10-6-11(9(3)20-10)14(18)19-4;/h6,8,12H,5,7,15H2,1-4H3,(H,16,17);1H. The van der Waals surface area contributed by atoms with Gasteiger partial charge in [0.25, 0.3) is 0 Å². The zero-order valence-corrected chi connectivity index (χ0v) is 13.6. The third-order valence-corrected chi connectivity index (χ3v) is 3.37. The number of esters is 1. The zero-order valence-electron chi connectivity index (χ0n) is 12.8. The average molecular weight is 319 g/mol. The van der Waals surface area contributed by atoms with Gasteiger partial charge in [-0.3, -0.25) is 4.79 Å². The second kappa shape index (κ2) is 8.69. The highest BCUT2D eigenvalue weighted by atomic mass is 35.5. The van der Waals surface area contributed by atoms with Crippen LogP contribution in [0.15, 0.2) is 10.5 Å². The molecular weight excluding hydrogens is 296 g/mol. The van der Waals surface area contributed by atoms with Crippen molar-refractivity contribution in [3.63, 3.8) is 0 Å². The summed E-state index contributed by atoms with van der Waals surface area (Å²) >= 11 is 0. The van der Waals surface area contributed by atoms with Crippen molar-refractivity contribution in [2.75, 3.05) is 7.11 Å². The molecule has 0 spiro atoms. The summed E-state index contributed by atoms with van der Waals surface area (Å²) in [5.41, 5.74) is 6.19. The van der Waals surface area contributed by atoms with Gasteiger partial charge in [0.2, 0.25) is 5.91 Å². The first-order valence-corrected chi connectivity index (χ1v) is 6.61. The minimum atomic E-state index is -0.545. The van der Waals surface area contributed by atoms with Crippen LogP contribution in [0.1, 0.15) is 42.1 Å². The van der Waals surface area contributed by atoms with Gasteiger partial charge in [0.1, 0.15) is 17.1 Å². The van der Waals surface area contributed by atoms with Gasteiger partial charge in [-0.2, -0.15) is 0 Å². The van der Waals surface area contributed by atoms with Crippen molar-refractivity contribution in [2.45, 2.75) is 39.8 Å². The number of carbonyl (C=O) groups excluding carboxylic acids is 2. The van der Waals surface area contributed by atoms with E-state index >= 15 is 0 Å². The molecule has 6 nitrogen and oxygen atoms in total. The average Bonchev–Trinajstić information content (AvgIpc) is 2.83. The number of carbonyl (C=O) groups is 2. The molecule has 0 saturated heterocycles. The van der Waals surface area contributed by atoms with E-state index in [1.54, 1.807) is 13.0 Å². The van der Waals surface area contributed by atoms with Crippen LogP contribution in [-0.2, 0) is 16.1 Å². The van der Waals surface area contributed by atoms with Crippen molar-refractivity contribution in [3.8, 4) is 0 Å². The summed E-state index contributed by atoms with van der Waals surface area (Å²) in [6.45, 7) is 5.77. The molecule has 21 heavy (non-hydrogen) atoms. The second-order valence-electron chi connectivity index (χ2n) is 4.80. The molecule has 0 aliphatic heterocycles. The summed E-state index contributed by atoms with van der Waals surface area (Å²) in [5.74, 6) is 0.382. The van der Waals surface area contributed by atoms with Gasteiger partial charge < -0.3 is 20.2 Å². The Morgan fingerprint density at radius 2 is 2.10 bits per heavy atom. The Labute approximate surface area is 130 Å². The molecular formula is C14H23ClN2O4. The number of aryl methyl sites for hydroxylation is 1. The molecule has 0 aliphatic rings. The summed E-state index contributed by atoms with van der Waals surface area (Å²) in [4.78, 5) is 23.3. The van der Waals surface area contributed by atoms with Crippen LogP contribution in [0, 0.1) is 12.8 Å². The van der Waals surface area contributed by atoms with Gasteiger partial charge in [0.15, 0.2) is 0 Å². The first kappa shape index (κ1) is 19.5. The molecule has 7 heteroatoms. The maximum Gasteiger partial charge on any atom is 0.341 e. The smallest absolute Gasteiger partial charge is 0.341 e. The topological polar surface area (TPSA) is 94.6 Å². The maximum atomic E-state index is 11.8. The lowest BCUT2D eigenvalue weighted by Crippen LogP contribution is -2.44. The molecule has 0 bridgehead atoms. The molecule has 1 amide bonds. The van der Waals surface area contributed by atoms with Gasteiger partial charge in [-0.05, 0) is 18.9 Å². The number of halogens is 1. The summed E-state index contributed by atoms with van der Waals surface area (Å²) < 4.78 is 10.0. The Morgan fingerprint density at radius 1 is 1.48 bits per heavy atom. The van der Waals surface area contributed by atoms with Crippen LogP contribution in [0.25, 0.3) is 0 Å². The third kappa shape index (κ3) is 5.06. The number of nitrogens with two attached hydrogens (primary N) is 1. The fourth-order valence-corrected chi connectivity index (χ4v) is 1.75. The van der Waals surface area contributed by atoms with Crippen LogP contribution in [0.5, 0.6) is 0 Å². The lowest BCUT2D eigenvalue weighted by atomic mass is 9.99. The fourth-order valence-electron chi connectivity index (χ4n) is 1.75. The maximum absolute atomic E-state index is 11.8. The van der Waals surface area contributed by atoms with Gasteiger partial charge in [-0.15, -0.1) is 12.4 Å². The zero-order chi connectivity index (χ0) is 15.3. The quantitative estimate of drug-likeness (QED) is 0.780. The monoisotopic (exact) mass is 318 g/mol. The van der Waals surface area contributed by atoms with E-state index in [2.05, 4.69) is 10.1 Å². The Kier molecular flexibility index (Phi) is 8.06.